The van der Waals surface area contributed by atoms with Gasteiger partial charge in [-0.3, -0.25) is 9.59 Å². The standard InChI is InChI=1S/C25H28ClFN2O6S/c1-36(33,34)18-5-2-16(3-6-18)12-22(31)29-25-10-8-24(9-11-25,14-21(25)30)28-23(32)15-35-17-4-7-19(26)20(27)13-17/h2-7,13,21,30H,8-12,14-15H2,1H3,(H,28,32)(H,29,31)/t21-,24?,25?/m0/s1. The molecule has 194 valence electrons. The van der Waals surface area contributed by atoms with Crippen molar-refractivity contribution in [1.82, 2.24) is 10.6 Å². The number of carbonyl (C=O) groups excluding carboxylic acids is 2. The first-order valence-electron chi connectivity index (χ1n) is 11.6. The van der Waals surface area contributed by atoms with Crippen LogP contribution in [0.2, 0.25) is 5.02 Å². The number of sulfone groups is 1. The summed E-state index contributed by atoms with van der Waals surface area (Å²) < 4.78 is 42.1. The molecule has 0 heterocycles. The van der Waals surface area contributed by atoms with E-state index in [-0.39, 0.29) is 46.9 Å². The van der Waals surface area contributed by atoms with E-state index >= 15 is 0 Å². The molecule has 3 saturated carbocycles. The van der Waals surface area contributed by atoms with Gasteiger partial charge in [0.15, 0.2) is 16.4 Å². The van der Waals surface area contributed by atoms with Crippen LogP contribution in [-0.4, -0.2) is 55.4 Å². The molecule has 0 spiro atoms. The van der Waals surface area contributed by atoms with E-state index in [4.69, 9.17) is 16.3 Å². The van der Waals surface area contributed by atoms with E-state index < -0.39 is 32.8 Å². The van der Waals surface area contributed by atoms with Crippen LogP contribution >= 0.6 is 11.6 Å². The molecule has 0 aliphatic heterocycles. The van der Waals surface area contributed by atoms with Gasteiger partial charge < -0.3 is 20.5 Å². The molecular weight excluding hydrogens is 511 g/mol. The fourth-order valence-electron chi connectivity index (χ4n) is 5.07. The van der Waals surface area contributed by atoms with Crippen LogP contribution in [0.15, 0.2) is 47.4 Å². The van der Waals surface area contributed by atoms with Gasteiger partial charge in [-0.05, 0) is 61.9 Å². The summed E-state index contributed by atoms with van der Waals surface area (Å²) >= 11 is 5.65. The number of hydrogen-bond donors (Lipinski definition) is 3. The highest BCUT2D eigenvalue weighted by Crippen LogP contribution is 2.47. The third kappa shape index (κ3) is 5.82. The molecule has 3 aliphatic rings. The maximum atomic E-state index is 13.6. The average molecular weight is 539 g/mol. The second kappa shape index (κ2) is 9.99. The van der Waals surface area contributed by atoms with E-state index in [0.717, 1.165) is 12.3 Å². The van der Waals surface area contributed by atoms with Crippen molar-refractivity contribution in [3.8, 4) is 5.75 Å². The van der Waals surface area contributed by atoms with Gasteiger partial charge in [-0.1, -0.05) is 23.7 Å². The maximum Gasteiger partial charge on any atom is 0.258 e. The van der Waals surface area contributed by atoms with Crippen molar-refractivity contribution in [2.45, 2.75) is 60.6 Å². The fourth-order valence-corrected chi connectivity index (χ4v) is 5.82. The van der Waals surface area contributed by atoms with Crippen LogP contribution in [0.25, 0.3) is 0 Å². The van der Waals surface area contributed by atoms with Gasteiger partial charge in [0.25, 0.3) is 5.91 Å². The molecule has 2 bridgehead atoms. The van der Waals surface area contributed by atoms with Crippen LogP contribution in [-0.2, 0) is 25.8 Å². The van der Waals surface area contributed by atoms with Gasteiger partial charge >= 0.3 is 0 Å². The highest BCUT2D eigenvalue weighted by atomic mass is 35.5. The SMILES string of the molecule is CS(=O)(=O)c1ccc(CC(=O)NC23CCC(NC(=O)COc4ccc(Cl)c(F)c4)(CC2)C[C@@H]3O)cc1. The molecule has 0 saturated heterocycles. The summed E-state index contributed by atoms with van der Waals surface area (Å²) in [5, 5.41) is 16.8. The topological polar surface area (TPSA) is 122 Å². The normalized spacial score (nSPS) is 25.3. The molecule has 8 nitrogen and oxygen atoms in total. The van der Waals surface area contributed by atoms with Crippen LogP contribution < -0.4 is 15.4 Å². The fraction of sp³-hybridized carbons (Fsp3) is 0.440. The summed E-state index contributed by atoms with van der Waals surface area (Å²) in [4.78, 5) is 25.5. The Morgan fingerprint density at radius 3 is 2.33 bits per heavy atom. The zero-order valence-electron chi connectivity index (χ0n) is 19.7. The monoisotopic (exact) mass is 538 g/mol. The van der Waals surface area contributed by atoms with Gasteiger partial charge in [0.2, 0.25) is 5.91 Å². The first-order valence-corrected chi connectivity index (χ1v) is 13.8. The Balaban J connectivity index is 1.31. The molecule has 36 heavy (non-hydrogen) atoms. The van der Waals surface area contributed by atoms with E-state index in [1.165, 1.54) is 24.3 Å². The van der Waals surface area contributed by atoms with Crippen LogP contribution in [0.5, 0.6) is 5.75 Å². The molecule has 0 radical (unpaired) electrons. The molecule has 3 aliphatic carbocycles. The van der Waals surface area contributed by atoms with Crippen molar-refractivity contribution in [2.24, 2.45) is 0 Å². The van der Waals surface area contributed by atoms with Gasteiger partial charge in [-0.25, -0.2) is 12.8 Å². The number of aliphatic hydroxyl groups excluding tert-OH is 1. The molecule has 3 fully saturated rings. The number of rotatable bonds is 8. The van der Waals surface area contributed by atoms with Crippen LogP contribution in [0.1, 0.15) is 37.7 Å². The summed E-state index contributed by atoms with van der Waals surface area (Å²) in [6.45, 7) is -0.307. The van der Waals surface area contributed by atoms with Gasteiger partial charge in [0.1, 0.15) is 11.6 Å². The second-order valence-electron chi connectivity index (χ2n) is 9.71. The van der Waals surface area contributed by atoms with Crippen molar-refractivity contribution < 1.29 is 32.2 Å². The molecule has 5 rings (SSSR count). The smallest absolute Gasteiger partial charge is 0.258 e. The first-order chi connectivity index (χ1) is 16.9. The molecule has 1 atom stereocenters. The molecule has 2 aromatic rings. The Morgan fingerprint density at radius 1 is 1.08 bits per heavy atom. The minimum atomic E-state index is -3.31. The Hall–Kier alpha value is -2.69. The number of fused-ring (bicyclic) bond motifs is 3. The number of ether oxygens (including phenoxy) is 1. The van der Waals surface area contributed by atoms with Gasteiger partial charge in [0, 0.05) is 17.9 Å². The van der Waals surface area contributed by atoms with E-state index in [2.05, 4.69) is 10.6 Å². The maximum absolute atomic E-state index is 13.6. The molecule has 3 N–H and O–H groups in total. The van der Waals surface area contributed by atoms with E-state index in [1.807, 2.05) is 0 Å². The summed E-state index contributed by atoms with van der Waals surface area (Å²) in [5.74, 6) is -1.10. The summed E-state index contributed by atoms with van der Waals surface area (Å²) in [7, 11) is -3.31. The number of nitrogens with one attached hydrogen (secondary N) is 2. The summed E-state index contributed by atoms with van der Waals surface area (Å²) in [6, 6.07) is 10.1. The second-order valence-corrected chi connectivity index (χ2v) is 12.1. The van der Waals surface area contributed by atoms with Crippen LogP contribution in [0.3, 0.4) is 0 Å². The molecule has 0 unspecified atom stereocenters. The van der Waals surface area contributed by atoms with E-state index in [9.17, 15) is 27.5 Å². The Labute approximate surface area is 214 Å². The molecule has 0 aromatic heterocycles. The van der Waals surface area contributed by atoms with E-state index in [1.54, 1.807) is 12.1 Å². The summed E-state index contributed by atoms with van der Waals surface area (Å²) in [6.07, 6.45) is 2.78. The predicted octanol–water partition coefficient (Wildman–Crippen LogP) is 2.55. The van der Waals surface area contributed by atoms with Crippen molar-refractivity contribution in [2.75, 3.05) is 12.9 Å². The van der Waals surface area contributed by atoms with Crippen molar-refractivity contribution in [1.29, 1.82) is 0 Å². The lowest BCUT2D eigenvalue weighted by atomic mass is 9.60. The number of aliphatic hydroxyl groups is 1. The van der Waals surface area contributed by atoms with Crippen LogP contribution in [0, 0.1) is 5.82 Å². The lowest BCUT2D eigenvalue weighted by molar-refractivity contribution is -0.135. The zero-order chi connectivity index (χ0) is 26.1. The Bertz CT molecular complexity index is 1260. The summed E-state index contributed by atoms with van der Waals surface area (Å²) in [5.41, 5.74) is -0.702. The minimum Gasteiger partial charge on any atom is -0.484 e. The number of halogens is 2. The molecule has 2 amide bonds. The van der Waals surface area contributed by atoms with Gasteiger partial charge in [0.05, 0.1) is 28.0 Å². The quantitative estimate of drug-likeness (QED) is 0.475. The third-order valence-corrected chi connectivity index (χ3v) is 8.53. The largest absolute Gasteiger partial charge is 0.484 e. The predicted molar refractivity (Wildman–Crippen MR) is 131 cm³/mol. The average Bonchev–Trinajstić information content (AvgIpc) is 2.81. The zero-order valence-corrected chi connectivity index (χ0v) is 21.3. The molecule has 2 aromatic carbocycles. The van der Waals surface area contributed by atoms with Crippen molar-refractivity contribution in [3.63, 3.8) is 0 Å². The minimum absolute atomic E-state index is 0.0375. The Morgan fingerprint density at radius 2 is 1.75 bits per heavy atom. The number of carbonyl (C=O) groups is 2. The number of amides is 2. The first kappa shape index (κ1) is 26.4. The lowest BCUT2D eigenvalue weighted by Crippen LogP contribution is -2.70. The third-order valence-electron chi connectivity index (χ3n) is 7.09. The highest BCUT2D eigenvalue weighted by Gasteiger charge is 2.55. The highest BCUT2D eigenvalue weighted by molar-refractivity contribution is 7.90. The number of hydrogen-bond acceptors (Lipinski definition) is 6. The number of benzene rings is 2. The van der Waals surface area contributed by atoms with Gasteiger partial charge in [-0.2, -0.15) is 0 Å². The van der Waals surface area contributed by atoms with Crippen molar-refractivity contribution in [3.05, 3.63) is 58.9 Å². The van der Waals surface area contributed by atoms with Gasteiger partial charge in [-0.15, -0.1) is 0 Å². The van der Waals surface area contributed by atoms with Crippen LogP contribution in [0.4, 0.5) is 4.39 Å². The lowest BCUT2D eigenvalue weighted by Gasteiger charge is -2.56. The van der Waals surface area contributed by atoms with Crippen molar-refractivity contribution >= 4 is 33.3 Å². The van der Waals surface area contributed by atoms with E-state index in [0.29, 0.717) is 31.2 Å². The molecular formula is C25H28ClFN2O6S. The molecule has 11 heteroatoms. The Kier molecular flexibility index (Phi) is 7.32.